The van der Waals surface area contributed by atoms with Gasteiger partial charge in [0.05, 0.1) is 14.2 Å². The zero-order chi connectivity index (χ0) is 19.5. The van der Waals surface area contributed by atoms with Crippen LogP contribution in [-0.4, -0.2) is 32.2 Å². The van der Waals surface area contributed by atoms with Gasteiger partial charge in [0.15, 0.2) is 23.5 Å². The molecular weight excluding hydrogens is 332 g/mol. The van der Waals surface area contributed by atoms with Crippen molar-refractivity contribution in [3.63, 3.8) is 0 Å². The predicted octanol–water partition coefficient (Wildman–Crippen LogP) is 4.66. The number of phenols is 1. The molecule has 0 atom stereocenters. The second-order valence-corrected chi connectivity index (χ2v) is 6.12. The van der Waals surface area contributed by atoms with Crippen molar-refractivity contribution in [2.24, 2.45) is 0 Å². The van der Waals surface area contributed by atoms with Crippen molar-refractivity contribution in [1.82, 2.24) is 0 Å². The summed E-state index contributed by atoms with van der Waals surface area (Å²) < 4.78 is 15.7. The lowest BCUT2D eigenvalue weighted by molar-refractivity contribution is -0.107. The smallest absolute Gasteiger partial charge is 0.200 e. The molecule has 1 N–H and O–H groups in total. The van der Waals surface area contributed by atoms with Gasteiger partial charge in [0.2, 0.25) is 5.75 Å². The zero-order valence-electron chi connectivity index (χ0n) is 16.2. The van der Waals surface area contributed by atoms with Crippen LogP contribution in [-0.2, 0) is 9.53 Å². The summed E-state index contributed by atoms with van der Waals surface area (Å²) in [7, 11) is 2.89. The van der Waals surface area contributed by atoms with E-state index >= 15 is 0 Å². The van der Waals surface area contributed by atoms with Crippen LogP contribution in [0.15, 0.2) is 41.2 Å². The number of hydrogen-bond donors (Lipinski definition) is 1. The molecule has 1 aromatic rings. The fourth-order valence-corrected chi connectivity index (χ4v) is 2.24. The van der Waals surface area contributed by atoms with Gasteiger partial charge in [-0.1, -0.05) is 17.2 Å². The van der Waals surface area contributed by atoms with Gasteiger partial charge in [-0.3, -0.25) is 4.79 Å². The fourth-order valence-electron chi connectivity index (χ4n) is 2.24. The van der Waals surface area contributed by atoms with Crippen molar-refractivity contribution in [2.45, 2.75) is 33.6 Å². The molecule has 0 saturated carbocycles. The van der Waals surface area contributed by atoms with E-state index in [4.69, 9.17) is 14.2 Å². The molecule has 0 radical (unpaired) electrons. The van der Waals surface area contributed by atoms with Gasteiger partial charge in [-0.25, -0.2) is 0 Å². The number of allylic oxidation sites excluding steroid dienone is 4. The molecule has 0 amide bonds. The molecule has 0 aliphatic heterocycles. The van der Waals surface area contributed by atoms with Gasteiger partial charge in [0.25, 0.3) is 0 Å². The Morgan fingerprint density at radius 1 is 1.08 bits per heavy atom. The Bertz CT molecular complexity index is 669. The highest BCUT2D eigenvalue weighted by Crippen LogP contribution is 2.37. The summed E-state index contributed by atoms with van der Waals surface area (Å²) in [6.45, 7) is 6.52. The molecule has 0 unspecified atom stereocenters. The molecule has 5 nitrogen and oxygen atoms in total. The number of aromatic hydroxyl groups is 1. The van der Waals surface area contributed by atoms with Gasteiger partial charge in [0, 0.05) is 0 Å². The zero-order valence-corrected chi connectivity index (χ0v) is 16.2. The van der Waals surface area contributed by atoms with E-state index in [-0.39, 0.29) is 23.0 Å². The first-order chi connectivity index (χ1) is 12.4. The third-order valence-corrected chi connectivity index (χ3v) is 3.70. The summed E-state index contributed by atoms with van der Waals surface area (Å²) in [6.07, 6.45) is 8.34. The maximum Gasteiger partial charge on any atom is 0.200 e. The number of phenolic OH excluding ortho intramolecular Hbond substituents is 1. The molecule has 26 heavy (non-hydrogen) atoms. The highest BCUT2D eigenvalue weighted by molar-refractivity contribution is 5.79. The number of methoxy groups -OCH3 is 2. The predicted molar refractivity (Wildman–Crippen MR) is 104 cm³/mol. The van der Waals surface area contributed by atoms with E-state index in [9.17, 15) is 9.90 Å². The fraction of sp³-hybridized carbons (Fsp3) is 0.381. The lowest BCUT2D eigenvalue weighted by Gasteiger charge is -2.10. The average molecular weight is 360 g/mol. The number of benzene rings is 1. The van der Waals surface area contributed by atoms with Crippen LogP contribution in [0.25, 0.3) is 6.08 Å². The van der Waals surface area contributed by atoms with Crippen LogP contribution in [0.3, 0.4) is 0 Å². The minimum Gasteiger partial charge on any atom is -0.502 e. The van der Waals surface area contributed by atoms with Crippen molar-refractivity contribution in [3.05, 3.63) is 46.8 Å². The maximum atomic E-state index is 11.3. The summed E-state index contributed by atoms with van der Waals surface area (Å²) in [5.41, 5.74) is 3.14. The number of carbonyl (C=O) groups is 1. The van der Waals surface area contributed by atoms with Crippen LogP contribution >= 0.6 is 0 Å². The van der Waals surface area contributed by atoms with Gasteiger partial charge in [-0.15, -0.1) is 0 Å². The third-order valence-electron chi connectivity index (χ3n) is 3.70. The van der Waals surface area contributed by atoms with Crippen molar-refractivity contribution in [3.8, 4) is 17.2 Å². The molecule has 1 rings (SSSR count). The second-order valence-electron chi connectivity index (χ2n) is 6.12. The van der Waals surface area contributed by atoms with Crippen LogP contribution in [0.1, 0.15) is 39.2 Å². The van der Waals surface area contributed by atoms with Crippen LogP contribution in [0.4, 0.5) is 0 Å². The highest BCUT2D eigenvalue weighted by Gasteiger charge is 2.11. The molecule has 5 heteroatoms. The summed E-state index contributed by atoms with van der Waals surface area (Å²) in [6, 6.07) is 3.20. The first-order valence-electron chi connectivity index (χ1n) is 8.44. The SMILES string of the molecule is COc1cc(C=C(C=O)OCC=C(C)CCC=C(C)C)cc(OC)c1O. The second kappa shape index (κ2) is 11.0. The monoisotopic (exact) mass is 360 g/mol. The first-order valence-corrected chi connectivity index (χ1v) is 8.44. The Morgan fingerprint density at radius 2 is 1.69 bits per heavy atom. The van der Waals surface area contributed by atoms with E-state index in [2.05, 4.69) is 19.9 Å². The van der Waals surface area contributed by atoms with Crippen molar-refractivity contribution in [2.75, 3.05) is 20.8 Å². The normalized spacial score (nSPS) is 11.7. The van der Waals surface area contributed by atoms with E-state index in [0.29, 0.717) is 18.5 Å². The van der Waals surface area contributed by atoms with Crippen molar-refractivity contribution < 1.29 is 24.1 Å². The van der Waals surface area contributed by atoms with E-state index in [1.165, 1.54) is 25.4 Å². The molecule has 0 spiro atoms. The van der Waals surface area contributed by atoms with Gasteiger partial charge in [-0.2, -0.15) is 0 Å². The molecule has 0 aromatic heterocycles. The first kappa shape index (κ1) is 21.4. The summed E-state index contributed by atoms with van der Waals surface area (Å²) >= 11 is 0. The Balaban J connectivity index is 2.80. The van der Waals surface area contributed by atoms with Crippen LogP contribution in [0, 0.1) is 0 Å². The molecule has 0 saturated heterocycles. The minimum atomic E-state index is -0.0874. The number of aldehydes is 1. The van der Waals surface area contributed by atoms with E-state index < -0.39 is 0 Å². The lowest BCUT2D eigenvalue weighted by atomic mass is 10.1. The molecule has 142 valence electrons. The lowest BCUT2D eigenvalue weighted by Crippen LogP contribution is -1.96. The Morgan fingerprint density at radius 3 is 2.19 bits per heavy atom. The van der Waals surface area contributed by atoms with Gasteiger partial charge < -0.3 is 19.3 Å². The molecule has 0 aliphatic rings. The largest absolute Gasteiger partial charge is 0.502 e. The summed E-state index contributed by atoms with van der Waals surface area (Å²) in [4.78, 5) is 11.3. The summed E-state index contributed by atoms with van der Waals surface area (Å²) in [5, 5.41) is 9.93. The quantitative estimate of drug-likeness (QED) is 0.284. The molecule has 0 fully saturated rings. The van der Waals surface area contributed by atoms with E-state index in [1.807, 2.05) is 13.0 Å². The molecule has 0 bridgehead atoms. The van der Waals surface area contributed by atoms with Crippen molar-refractivity contribution >= 4 is 12.4 Å². The Hall–Kier alpha value is -2.69. The van der Waals surface area contributed by atoms with E-state index in [0.717, 1.165) is 12.8 Å². The Labute approximate surface area is 155 Å². The highest BCUT2D eigenvalue weighted by atomic mass is 16.5. The van der Waals surface area contributed by atoms with Gasteiger partial charge >= 0.3 is 0 Å². The third kappa shape index (κ3) is 7.05. The molecule has 0 aliphatic carbocycles. The number of ether oxygens (including phenoxy) is 3. The average Bonchev–Trinajstić information content (AvgIpc) is 2.61. The van der Waals surface area contributed by atoms with Crippen LogP contribution in [0.5, 0.6) is 17.2 Å². The summed E-state index contributed by atoms with van der Waals surface area (Å²) in [5.74, 6) is 0.621. The number of hydrogen-bond acceptors (Lipinski definition) is 5. The van der Waals surface area contributed by atoms with Crippen molar-refractivity contribution in [1.29, 1.82) is 0 Å². The van der Waals surface area contributed by atoms with E-state index in [1.54, 1.807) is 18.2 Å². The molecule has 1 aromatic carbocycles. The Kier molecular flexibility index (Phi) is 9.06. The van der Waals surface area contributed by atoms with Gasteiger partial charge in [0.1, 0.15) is 6.61 Å². The standard InChI is InChI=1S/C21H28O5/c1-15(2)7-6-8-16(3)9-10-26-18(14-22)11-17-12-19(24-4)21(23)20(13-17)25-5/h7,9,11-14,23H,6,8,10H2,1-5H3. The maximum absolute atomic E-state index is 11.3. The van der Waals surface area contributed by atoms with Crippen LogP contribution in [0.2, 0.25) is 0 Å². The molecule has 0 heterocycles. The minimum absolute atomic E-state index is 0.0874. The number of carbonyl (C=O) groups excluding carboxylic acids is 1. The topological polar surface area (TPSA) is 65.0 Å². The van der Waals surface area contributed by atoms with Gasteiger partial charge in [-0.05, 0) is 63.5 Å². The van der Waals surface area contributed by atoms with Crippen LogP contribution < -0.4 is 9.47 Å². The molecular formula is C21H28O5. The number of rotatable bonds is 10.